The lowest BCUT2D eigenvalue weighted by atomic mass is 10.2. The van der Waals surface area contributed by atoms with E-state index in [0.29, 0.717) is 0 Å². The minimum absolute atomic E-state index is 0.267. The lowest BCUT2D eigenvalue weighted by Crippen LogP contribution is -2.22. The number of hydrogen-bond donors (Lipinski definition) is 0. The molecule has 2 heterocycles. The first kappa shape index (κ1) is 13.3. The van der Waals surface area contributed by atoms with Crippen LogP contribution in [0.2, 0.25) is 0 Å². The maximum absolute atomic E-state index is 13.1. The van der Waals surface area contributed by atoms with E-state index in [1.165, 1.54) is 17.1 Å². The first-order chi connectivity index (χ1) is 8.70. The van der Waals surface area contributed by atoms with Crippen molar-refractivity contribution < 1.29 is 4.39 Å². The Morgan fingerprint density at radius 2 is 2.33 bits per heavy atom. The fraction of sp³-hybridized carbons (Fsp3) is 0.308. The maximum Gasteiger partial charge on any atom is 0.141 e. The van der Waals surface area contributed by atoms with Crippen molar-refractivity contribution in [3.63, 3.8) is 0 Å². The van der Waals surface area contributed by atoms with Crippen LogP contribution in [0, 0.1) is 5.82 Å². The second-order valence-corrected chi connectivity index (χ2v) is 5.32. The summed E-state index contributed by atoms with van der Waals surface area (Å²) in [5, 5.41) is 2.07. The average molecular weight is 285 g/mol. The first-order valence-corrected chi connectivity index (χ1v) is 7.06. The molecular formula is C13H14ClFN2S. The summed E-state index contributed by atoms with van der Waals surface area (Å²) < 4.78 is 13.1. The first-order valence-electron chi connectivity index (χ1n) is 5.64. The Hall–Kier alpha value is -1.13. The van der Waals surface area contributed by atoms with Crippen LogP contribution >= 0.6 is 22.9 Å². The average Bonchev–Trinajstić information content (AvgIpc) is 2.88. The van der Waals surface area contributed by atoms with Gasteiger partial charge in [-0.15, -0.1) is 22.9 Å². The SMILES string of the molecule is CN(CCc1cccs1)c1ncc(F)cc1CCl. The number of alkyl halides is 1. The van der Waals surface area contributed by atoms with Crippen LogP contribution in [0.3, 0.4) is 0 Å². The van der Waals surface area contributed by atoms with Gasteiger partial charge < -0.3 is 4.90 Å². The van der Waals surface area contributed by atoms with Gasteiger partial charge in [0.15, 0.2) is 0 Å². The molecule has 2 aromatic heterocycles. The minimum atomic E-state index is -0.346. The summed E-state index contributed by atoms with van der Waals surface area (Å²) in [6.45, 7) is 0.836. The second kappa shape index (κ2) is 6.16. The molecule has 0 aliphatic rings. The van der Waals surface area contributed by atoms with Gasteiger partial charge >= 0.3 is 0 Å². The van der Waals surface area contributed by atoms with E-state index in [9.17, 15) is 4.39 Å². The third-order valence-corrected chi connectivity index (χ3v) is 3.91. The van der Waals surface area contributed by atoms with Crippen molar-refractivity contribution in [2.75, 3.05) is 18.5 Å². The molecule has 0 saturated carbocycles. The smallest absolute Gasteiger partial charge is 0.141 e. The molecule has 0 aliphatic carbocycles. The lowest BCUT2D eigenvalue weighted by molar-refractivity contribution is 0.619. The van der Waals surface area contributed by atoms with Crippen LogP contribution < -0.4 is 4.90 Å². The van der Waals surface area contributed by atoms with Crippen molar-refractivity contribution in [1.82, 2.24) is 4.98 Å². The summed E-state index contributed by atoms with van der Waals surface area (Å²) in [6, 6.07) is 5.59. The predicted molar refractivity (Wildman–Crippen MR) is 75.0 cm³/mol. The third kappa shape index (κ3) is 3.21. The van der Waals surface area contributed by atoms with E-state index in [1.807, 2.05) is 18.0 Å². The van der Waals surface area contributed by atoms with Crippen LogP contribution in [0.25, 0.3) is 0 Å². The molecule has 96 valence electrons. The van der Waals surface area contributed by atoms with Crippen molar-refractivity contribution >= 4 is 28.8 Å². The highest BCUT2D eigenvalue weighted by Crippen LogP contribution is 2.20. The number of pyridine rings is 1. The second-order valence-electron chi connectivity index (χ2n) is 4.02. The molecule has 0 bridgehead atoms. The van der Waals surface area contributed by atoms with E-state index in [-0.39, 0.29) is 11.7 Å². The summed E-state index contributed by atoms with van der Waals surface area (Å²) in [5.41, 5.74) is 0.727. The Balaban J connectivity index is 2.06. The van der Waals surface area contributed by atoms with Crippen LogP contribution in [-0.2, 0) is 12.3 Å². The number of hydrogen-bond acceptors (Lipinski definition) is 3. The topological polar surface area (TPSA) is 16.1 Å². The zero-order valence-electron chi connectivity index (χ0n) is 10.1. The largest absolute Gasteiger partial charge is 0.359 e. The summed E-state index contributed by atoms with van der Waals surface area (Å²) in [4.78, 5) is 7.46. The Labute approximate surface area is 115 Å². The predicted octanol–water partition coefficient (Wildman–Crippen LogP) is 3.70. The molecule has 0 unspecified atom stereocenters. The number of halogens is 2. The van der Waals surface area contributed by atoms with Gasteiger partial charge in [0.1, 0.15) is 11.6 Å². The van der Waals surface area contributed by atoms with Gasteiger partial charge in [-0.25, -0.2) is 9.37 Å². The Morgan fingerprint density at radius 3 is 3.00 bits per heavy atom. The van der Waals surface area contributed by atoms with Crippen molar-refractivity contribution in [1.29, 1.82) is 0 Å². The normalized spacial score (nSPS) is 10.6. The molecule has 5 heteroatoms. The molecule has 0 spiro atoms. The summed E-state index contributed by atoms with van der Waals surface area (Å²) in [6.07, 6.45) is 2.18. The molecule has 18 heavy (non-hydrogen) atoms. The van der Waals surface area contributed by atoms with Crippen LogP contribution in [0.5, 0.6) is 0 Å². The summed E-state index contributed by atoms with van der Waals surface area (Å²) >= 11 is 7.56. The number of anilines is 1. The highest BCUT2D eigenvalue weighted by atomic mass is 35.5. The molecule has 0 saturated heterocycles. The summed E-state index contributed by atoms with van der Waals surface area (Å²) in [5.74, 6) is 0.674. The molecule has 0 fully saturated rings. The number of rotatable bonds is 5. The summed E-state index contributed by atoms with van der Waals surface area (Å²) in [7, 11) is 1.95. The number of likely N-dealkylation sites (N-methyl/N-ethyl adjacent to an activating group) is 1. The maximum atomic E-state index is 13.1. The Morgan fingerprint density at radius 1 is 1.50 bits per heavy atom. The van der Waals surface area contributed by atoms with Gasteiger partial charge in [-0.1, -0.05) is 6.07 Å². The number of nitrogens with zero attached hydrogens (tertiary/aromatic N) is 2. The van der Waals surface area contributed by atoms with Crippen molar-refractivity contribution in [3.8, 4) is 0 Å². The zero-order chi connectivity index (χ0) is 13.0. The van der Waals surface area contributed by atoms with Gasteiger partial charge in [-0.3, -0.25) is 0 Å². The van der Waals surface area contributed by atoms with Gasteiger partial charge in [-0.2, -0.15) is 0 Å². The van der Waals surface area contributed by atoms with Crippen molar-refractivity contribution in [2.24, 2.45) is 0 Å². The zero-order valence-corrected chi connectivity index (χ0v) is 11.6. The van der Waals surface area contributed by atoms with Crippen LogP contribution in [0.1, 0.15) is 10.4 Å². The molecule has 0 N–H and O–H groups in total. The van der Waals surface area contributed by atoms with Gasteiger partial charge in [-0.05, 0) is 23.9 Å². The number of aromatic nitrogens is 1. The molecule has 0 aromatic carbocycles. The molecule has 0 aliphatic heterocycles. The van der Waals surface area contributed by atoms with E-state index in [4.69, 9.17) is 11.6 Å². The number of thiophene rings is 1. The Bertz CT molecular complexity index is 502. The molecule has 0 amide bonds. The highest BCUT2D eigenvalue weighted by Gasteiger charge is 2.10. The van der Waals surface area contributed by atoms with E-state index < -0.39 is 0 Å². The monoisotopic (exact) mass is 284 g/mol. The van der Waals surface area contributed by atoms with Crippen LogP contribution in [0.15, 0.2) is 29.8 Å². The van der Waals surface area contributed by atoms with Gasteiger partial charge in [0.25, 0.3) is 0 Å². The quantitative estimate of drug-likeness (QED) is 0.778. The van der Waals surface area contributed by atoms with Crippen LogP contribution in [0.4, 0.5) is 10.2 Å². The standard InChI is InChI=1S/C13H14ClFN2S/c1-17(5-4-12-3-2-6-18-12)13-10(8-14)7-11(15)9-16-13/h2-3,6-7,9H,4-5,8H2,1H3. The van der Waals surface area contributed by atoms with Crippen molar-refractivity contribution in [2.45, 2.75) is 12.3 Å². The van der Waals surface area contributed by atoms with Gasteiger partial charge in [0.2, 0.25) is 0 Å². The third-order valence-electron chi connectivity index (χ3n) is 2.69. The van der Waals surface area contributed by atoms with E-state index in [2.05, 4.69) is 16.4 Å². The lowest BCUT2D eigenvalue weighted by Gasteiger charge is -2.20. The molecule has 2 rings (SSSR count). The van der Waals surface area contributed by atoms with E-state index in [1.54, 1.807) is 11.3 Å². The van der Waals surface area contributed by atoms with Crippen molar-refractivity contribution in [3.05, 3.63) is 46.0 Å². The van der Waals surface area contributed by atoms with Gasteiger partial charge in [0.05, 0.1) is 12.1 Å². The Kier molecular flexibility index (Phi) is 4.55. The van der Waals surface area contributed by atoms with Crippen LogP contribution in [-0.4, -0.2) is 18.6 Å². The molecule has 0 radical (unpaired) electrons. The van der Waals surface area contributed by atoms with E-state index in [0.717, 1.165) is 24.3 Å². The fourth-order valence-electron chi connectivity index (χ4n) is 1.75. The minimum Gasteiger partial charge on any atom is -0.359 e. The van der Waals surface area contributed by atoms with Gasteiger partial charge in [0, 0.05) is 24.0 Å². The molecule has 2 nitrogen and oxygen atoms in total. The molecule has 0 atom stereocenters. The molecular weight excluding hydrogens is 271 g/mol. The fourth-order valence-corrected chi connectivity index (χ4v) is 2.65. The highest BCUT2D eigenvalue weighted by molar-refractivity contribution is 7.09. The van der Waals surface area contributed by atoms with E-state index >= 15 is 0 Å². The molecule has 2 aromatic rings.